The van der Waals surface area contributed by atoms with Crippen molar-refractivity contribution in [2.24, 2.45) is 10.6 Å². The Balaban J connectivity index is 0.779. The number of hydrogen-bond donors (Lipinski definition) is 34. The van der Waals surface area contributed by atoms with Gasteiger partial charge in [0.25, 0.3) is 0 Å². The van der Waals surface area contributed by atoms with Gasteiger partial charge in [0.2, 0.25) is 0 Å². The normalized spacial score (nSPS) is 54.9. The Morgan fingerprint density at radius 3 is 0.336 bits per heavy atom. The van der Waals surface area contributed by atoms with E-state index in [1.54, 1.807) is 0 Å². The highest BCUT2D eigenvalue weighted by Crippen LogP contribution is 2.44. The molecule has 0 radical (unpaired) electrons. The van der Waals surface area contributed by atoms with Crippen molar-refractivity contribution in [2.45, 2.75) is 368 Å². The Morgan fingerprint density at radius 1 is 0.127 bits per heavy atom. The molecular weight excluding hydrogens is 1850 g/mol. The second-order valence-electron chi connectivity index (χ2n) is 34.0. The van der Waals surface area contributed by atoms with E-state index in [9.17, 15) is 174 Å². The lowest BCUT2D eigenvalue weighted by Crippen LogP contribution is -2.69. The van der Waals surface area contributed by atoms with Gasteiger partial charge in [0.1, 0.15) is 281 Å². The molecule has 44 aliphatic rings. The first-order valence-corrected chi connectivity index (χ1v) is 42.7. The second-order valence-corrected chi connectivity index (χ2v) is 34.0. The van der Waals surface area contributed by atoms with Gasteiger partial charge in [-0.25, -0.2) is 0 Å². The highest BCUT2D eigenvalue weighted by atomic mass is 16.8. The van der Waals surface area contributed by atoms with Gasteiger partial charge in [0.05, 0.1) is 89.8 Å². The molecule has 776 valence electrons. The molecule has 44 aliphatic heterocycles. The van der Waals surface area contributed by atoms with Gasteiger partial charge >= 0.3 is 0 Å². The number of hydrogen-bond acceptors (Lipinski definition) is 62. The molecule has 0 amide bonds. The standard InChI is InChI=1S/C72H118N2O60/c75-1-13-47-25(87)35(97)61(109-13)123-49-15(3-77)113-65(39(101)29(49)91)127-53-19(7-81)117-69(43(105)33(53)95)131-57-23(11-85)119-71(129-55-21(9-83)115-67(41(103)31(55)93)125-51-17(5-79)111-63(121-47)37(99)27(51)89)45(107)59(57)133-73-74-134-60-46(108)72-120-24(12-86)58(60)132-70-44(106)34(96)54(20(8-82)118-70)128-66-40(102)30(92)50(16(4-78)114-66)124-62-36(98)26(88)48(14(2-76)110-62)122-64-38(100)28(90)52(18(6-80)112-64)126-68-42(104)32(94)56(130-72)22(10-84)116-68/h13-72,75-108H,1-12H2/b74-73+/t13-,14-,15-,16-,17-,18-,19-,20-,21-,22-,23-,24-,25-,26-,27-,28-,29-,30-,31-,32-,33-,34-,35-,36-,37-,38-,39-,40-,41-,42-,43-,44-,45-,46-,47-,48-,49-,50-,51-,52-,53-,54-,55-,56-,57+,58+,59-,60-,61-,62-,63-,64-,65-,66-,67-,68-,69-,70-,71-,72-/m1/s1. The average molecular weight is 1970 g/mol. The molecular formula is C72H118N2O60. The maximum atomic E-state index is 12.6. The van der Waals surface area contributed by atoms with Gasteiger partial charge in [-0.3, -0.25) is 0 Å². The number of aliphatic hydroxyl groups is 34. The van der Waals surface area contributed by atoms with Crippen LogP contribution >= 0.6 is 0 Å². The van der Waals surface area contributed by atoms with Crippen molar-refractivity contribution in [3.63, 3.8) is 0 Å². The quantitative estimate of drug-likeness (QED) is 0.0504. The second kappa shape index (κ2) is 45.9. The first-order chi connectivity index (χ1) is 64.0. The zero-order chi connectivity index (χ0) is 96.9. The molecule has 44 heterocycles. The van der Waals surface area contributed by atoms with E-state index in [4.69, 9.17) is 123 Å². The van der Waals surface area contributed by atoms with E-state index in [0.717, 1.165) is 0 Å². The van der Waals surface area contributed by atoms with Crippen molar-refractivity contribution in [3.8, 4) is 0 Å². The number of ether oxygens (including phenoxy) is 24. The van der Waals surface area contributed by atoms with Crippen molar-refractivity contribution in [1.82, 2.24) is 0 Å². The molecule has 44 rings (SSSR count). The van der Waals surface area contributed by atoms with Crippen LogP contribution < -0.4 is 0 Å². The van der Waals surface area contributed by atoms with E-state index < -0.39 is 448 Å². The molecule has 0 saturated carbocycles. The molecule has 34 N–H and O–H groups in total. The topological polar surface area (TPSA) is 953 Å². The Kier molecular flexibility index (Phi) is 36.5. The Morgan fingerprint density at radius 2 is 0.224 bits per heavy atom. The summed E-state index contributed by atoms with van der Waals surface area (Å²) in [5.41, 5.74) is 0. The number of rotatable bonds is 16. The van der Waals surface area contributed by atoms with Gasteiger partial charge in [-0.1, -0.05) is 0 Å². The lowest BCUT2D eigenvalue weighted by Gasteiger charge is -2.50. The molecule has 134 heavy (non-hydrogen) atoms. The molecule has 0 aromatic carbocycles. The van der Waals surface area contributed by atoms with Crippen molar-refractivity contribution in [2.75, 3.05) is 79.3 Å². The Hall–Kier alpha value is -3.12. The fraction of sp³-hybridized carbons (Fsp3) is 1.00. The molecule has 62 nitrogen and oxygen atoms in total. The van der Waals surface area contributed by atoms with Crippen LogP contribution in [-0.4, -0.2) is 621 Å². The summed E-state index contributed by atoms with van der Waals surface area (Å²) in [4.78, 5) is 11.4. The van der Waals surface area contributed by atoms with Gasteiger partial charge in [0.15, 0.2) is 87.7 Å². The predicted octanol–water partition coefficient (Wildman–Crippen LogP) is -24.8. The Bertz CT molecular complexity index is 3370. The van der Waals surface area contributed by atoms with Gasteiger partial charge in [-0.15, -0.1) is 0 Å². The SMILES string of the molecule is OC[C@H]1O[C@@H]2O[C@H]3[C@H](O)[C@@H](O)[C@@H](O[C@H]4[C@H](O)[C@@H](O)[C@@H](O[C@H]5[C@H](O)[C@@H](O)[C@@H](O[C@H]6[C@H](O)[C@@H](O)[C@@H](O[C@H]7[C@H](O)[C@@H](O)[C@@H](O[C@@H]1[C@H](O/N=N/O[C@@H]1[C@@H](O)[C@H]8O[C@H]9[C@H](O)[C@@H](O)[C@@H](O[C@H]%10[C@H](O)[C@@H](O)[C@@H](O[C@H]%11[C@H](O)[C@@H](O)[C@@H](O[C@H]%12[C@H](O)[C@@H](O)[C@@H](O[C@H]%13[C@H](O)[C@@H](O)[C@@H](O[C@H]1[C@@H](CO)O8)O[C@@H]%13CO)O[C@@H]%12CO)O[C@@H]%11CO)O[C@@H]%10CO)O[C@@H]9CO)[C@H]2O)O[C@@H]7CO)O[C@@H]6CO)O[C@@H]5CO)O[C@@H]4CO)O[C@@H]3CO. The largest absolute Gasteiger partial charge is 0.394 e. The van der Waals surface area contributed by atoms with Crippen molar-refractivity contribution in [1.29, 1.82) is 0 Å². The minimum Gasteiger partial charge on any atom is -0.394 e. The third-order valence-corrected chi connectivity index (χ3v) is 25.7. The van der Waals surface area contributed by atoms with Crippen LogP contribution in [-0.2, 0) is 123 Å². The maximum Gasteiger partial charge on any atom is 0.188 e. The van der Waals surface area contributed by atoms with Crippen molar-refractivity contribution < 1.29 is 297 Å². The van der Waals surface area contributed by atoms with Crippen LogP contribution in [0.15, 0.2) is 10.6 Å². The zero-order valence-corrected chi connectivity index (χ0v) is 69.8. The number of aliphatic hydroxyl groups excluding tert-OH is 34. The van der Waals surface area contributed by atoms with E-state index in [-0.39, 0.29) is 0 Å². The van der Waals surface area contributed by atoms with E-state index >= 15 is 0 Å². The van der Waals surface area contributed by atoms with Crippen LogP contribution in [0.1, 0.15) is 0 Å². The fourth-order valence-electron chi connectivity index (χ4n) is 18.2. The molecule has 44 saturated heterocycles. The average Bonchev–Trinajstić information content (AvgIpc) is 0.733. The van der Waals surface area contributed by atoms with E-state index in [1.165, 1.54) is 0 Å². The minimum absolute atomic E-state index is 1.11. The summed E-state index contributed by atoms with van der Waals surface area (Å²) in [7, 11) is 0. The highest BCUT2D eigenvalue weighted by Gasteiger charge is 2.65. The van der Waals surface area contributed by atoms with Gasteiger partial charge in [0, 0.05) is 0 Å². The highest BCUT2D eigenvalue weighted by molar-refractivity contribution is 5.06. The summed E-state index contributed by atoms with van der Waals surface area (Å²) in [6.07, 6.45) is -133. The van der Waals surface area contributed by atoms with E-state index in [0.29, 0.717) is 0 Å². The molecule has 0 spiro atoms. The molecule has 0 unspecified atom stereocenters. The van der Waals surface area contributed by atoms with Crippen LogP contribution in [0, 0.1) is 0 Å². The van der Waals surface area contributed by atoms with Gasteiger partial charge < -0.3 is 297 Å². The van der Waals surface area contributed by atoms with Crippen LogP contribution in [0.5, 0.6) is 0 Å². The summed E-state index contributed by atoms with van der Waals surface area (Å²) in [5.74, 6) is 0. The van der Waals surface area contributed by atoms with Crippen LogP contribution in [0.4, 0.5) is 0 Å². The summed E-state index contributed by atoms with van der Waals surface area (Å²) in [6, 6.07) is 0. The zero-order valence-electron chi connectivity index (χ0n) is 69.8. The Labute approximate surface area is 753 Å². The lowest BCUT2D eigenvalue weighted by atomic mass is 9.94. The van der Waals surface area contributed by atoms with Crippen LogP contribution in [0.25, 0.3) is 0 Å². The van der Waals surface area contributed by atoms with Crippen LogP contribution in [0.3, 0.4) is 0 Å². The van der Waals surface area contributed by atoms with Crippen LogP contribution in [0.2, 0.25) is 0 Å². The maximum absolute atomic E-state index is 12.6. The number of nitrogens with zero attached hydrogens (tertiary/aromatic N) is 2. The molecule has 0 aromatic heterocycles. The minimum atomic E-state index is -2.62. The molecule has 0 aliphatic carbocycles. The predicted molar refractivity (Wildman–Crippen MR) is 394 cm³/mol. The first kappa shape index (κ1) is 107. The van der Waals surface area contributed by atoms with E-state index in [2.05, 4.69) is 10.6 Å². The van der Waals surface area contributed by atoms with Crippen molar-refractivity contribution >= 4 is 0 Å². The summed E-state index contributed by atoms with van der Waals surface area (Å²) >= 11 is 0. The summed E-state index contributed by atoms with van der Waals surface area (Å²) < 4.78 is 140. The molecule has 44 fully saturated rings. The third-order valence-electron chi connectivity index (χ3n) is 25.7. The molecule has 24 bridgehead atoms. The first-order valence-electron chi connectivity index (χ1n) is 42.7. The third kappa shape index (κ3) is 21.1. The monoisotopic (exact) mass is 1970 g/mol. The molecule has 62 heteroatoms. The van der Waals surface area contributed by atoms with E-state index in [1.807, 2.05) is 0 Å². The lowest BCUT2D eigenvalue weighted by molar-refractivity contribution is -0.406. The summed E-state index contributed by atoms with van der Waals surface area (Å²) in [6.45, 7) is -14.6. The molecule has 60 atom stereocenters. The molecule has 0 aromatic rings. The van der Waals surface area contributed by atoms with Gasteiger partial charge in [-0.2, -0.15) is 0 Å². The summed E-state index contributed by atoms with van der Waals surface area (Å²) in [5, 5.41) is 395. The van der Waals surface area contributed by atoms with Crippen molar-refractivity contribution in [3.05, 3.63) is 0 Å². The fourth-order valence-corrected chi connectivity index (χ4v) is 18.2. The smallest absolute Gasteiger partial charge is 0.188 e. The van der Waals surface area contributed by atoms with Gasteiger partial charge in [-0.05, 0) is 0 Å².